The van der Waals surface area contributed by atoms with E-state index in [1.54, 1.807) is 0 Å². The Morgan fingerprint density at radius 1 is 1.18 bits per heavy atom. The number of hydrogen-bond donors (Lipinski definition) is 4. The molecule has 1 heterocycles. The van der Waals surface area contributed by atoms with Crippen LogP contribution in [0.2, 0.25) is 0 Å². The maximum atomic E-state index is 9.21. The van der Waals surface area contributed by atoms with Crippen molar-refractivity contribution >= 4 is 11.8 Å². The van der Waals surface area contributed by atoms with E-state index in [1.807, 2.05) is 0 Å². The molecule has 1 rings (SSSR count). The molecule has 0 radical (unpaired) electrons. The molecule has 1 saturated heterocycles. The Hall–Kier alpha value is 0.190. The monoisotopic (exact) mass is 180 g/mol. The third kappa shape index (κ3) is 1.68. The summed E-state index contributed by atoms with van der Waals surface area (Å²) < 4.78 is 0. The molecule has 0 saturated carbocycles. The molecule has 1 fully saturated rings. The van der Waals surface area contributed by atoms with Crippen LogP contribution in [0, 0.1) is 0 Å². The molecular weight excluding hydrogens is 168 g/mol. The van der Waals surface area contributed by atoms with Crippen LogP contribution in [-0.2, 0) is 0 Å². The molecule has 1 aliphatic rings. The molecule has 0 aromatic carbocycles. The van der Waals surface area contributed by atoms with E-state index in [0.717, 1.165) is 11.8 Å². The first-order valence-electron chi connectivity index (χ1n) is 3.41. The van der Waals surface area contributed by atoms with Gasteiger partial charge in [-0.3, -0.25) is 0 Å². The second-order valence-electron chi connectivity index (χ2n) is 2.71. The average Bonchev–Trinajstić information content (AvgIpc) is 2.17. The number of aliphatic hydroxyl groups is 4. The predicted octanol–water partition coefficient (Wildman–Crippen LogP) is -1.48. The van der Waals surface area contributed by atoms with Crippen molar-refractivity contribution in [1.82, 2.24) is 0 Å². The minimum Gasteiger partial charge on any atom is -0.392 e. The van der Waals surface area contributed by atoms with Crippen LogP contribution in [0.4, 0.5) is 0 Å². The normalized spacial score (nSPS) is 47.7. The number of rotatable bonds is 1. The van der Waals surface area contributed by atoms with Crippen LogP contribution in [0.15, 0.2) is 0 Å². The van der Waals surface area contributed by atoms with E-state index in [9.17, 15) is 5.11 Å². The van der Waals surface area contributed by atoms with Crippen molar-refractivity contribution in [3.8, 4) is 0 Å². The lowest BCUT2D eigenvalue weighted by molar-refractivity contribution is -0.0254. The second kappa shape index (κ2) is 3.28. The predicted molar refractivity (Wildman–Crippen MR) is 41.1 cm³/mol. The molecule has 11 heavy (non-hydrogen) atoms. The van der Waals surface area contributed by atoms with Crippen LogP contribution < -0.4 is 0 Å². The summed E-state index contributed by atoms with van der Waals surface area (Å²) in [6, 6.07) is 0. The molecule has 1 unspecified atom stereocenters. The quantitative estimate of drug-likeness (QED) is 0.396. The summed E-state index contributed by atoms with van der Waals surface area (Å²) in [6.07, 6.45) is -2.89. The molecule has 5 atom stereocenters. The van der Waals surface area contributed by atoms with Gasteiger partial charge in [0.25, 0.3) is 0 Å². The topological polar surface area (TPSA) is 80.9 Å². The van der Waals surface area contributed by atoms with E-state index >= 15 is 0 Å². The van der Waals surface area contributed by atoms with Gasteiger partial charge >= 0.3 is 0 Å². The first-order valence-corrected chi connectivity index (χ1v) is 4.36. The second-order valence-corrected chi connectivity index (χ2v) is 4.01. The maximum absolute atomic E-state index is 9.21. The highest BCUT2D eigenvalue weighted by Crippen LogP contribution is 2.34. The largest absolute Gasteiger partial charge is 0.392 e. The van der Waals surface area contributed by atoms with Gasteiger partial charge in [-0.25, -0.2) is 0 Å². The van der Waals surface area contributed by atoms with E-state index in [-0.39, 0.29) is 0 Å². The van der Waals surface area contributed by atoms with Gasteiger partial charge in [-0.2, -0.15) is 0 Å². The molecule has 1 aliphatic heterocycles. The van der Waals surface area contributed by atoms with Gasteiger partial charge in [0.05, 0.1) is 17.5 Å². The Morgan fingerprint density at radius 3 is 1.91 bits per heavy atom. The molecule has 5 heteroatoms. The Labute approximate surface area is 68.9 Å². The summed E-state index contributed by atoms with van der Waals surface area (Å²) in [5, 5.41) is 35.9. The third-order valence-electron chi connectivity index (χ3n) is 1.75. The summed E-state index contributed by atoms with van der Waals surface area (Å²) in [5.41, 5.74) is -0.982. The summed E-state index contributed by atoms with van der Waals surface area (Å²) in [7, 11) is 0. The molecular formula is C6H12O4S. The fraction of sp³-hybridized carbons (Fsp3) is 1.00. The van der Waals surface area contributed by atoms with E-state index in [0.29, 0.717) is 0 Å². The SMILES string of the molecule is C[C@H](O)[C@@H]1SC(O)[C@H](O)[C@@H]1O. The van der Waals surface area contributed by atoms with Crippen LogP contribution >= 0.6 is 11.8 Å². The van der Waals surface area contributed by atoms with E-state index in [1.165, 1.54) is 6.92 Å². The third-order valence-corrected chi connectivity index (χ3v) is 3.30. The molecule has 66 valence electrons. The molecule has 0 aliphatic carbocycles. The van der Waals surface area contributed by atoms with Crippen molar-refractivity contribution in [2.45, 2.75) is 35.9 Å². The average molecular weight is 180 g/mol. The molecule has 4 N–H and O–H groups in total. The molecule has 0 amide bonds. The van der Waals surface area contributed by atoms with E-state index < -0.39 is 29.0 Å². The Bertz CT molecular complexity index is 141. The van der Waals surface area contributed by atoms with Gasteiger partial charge in [-0.15, -0.1) is 11.8 Å². The Morgan fingerprint density at radius 2 is 1.73 bits per heavy atom. The highest BCUT2D eigenvalue weighted by Gasteiger charge is 2.43. The number of thioether (sulfide) groups is 1. The molecule has 0 spiro atoms. The zero-order valence-electron chi connectivity index (χ0n) is 6.08. The van der Waals surface area contributed by atoms with E-state index in [2.05, 4.69) is 0 Å². The lowest BCUT2D eigenvalue weighted by Crippen LogP contribution is -2.36. The summed E-state index contributed by atoms with van der Waals surface area (Å²) in [6.45, 7) is 1.52. The first-order chi connectivity index (χ1) is 5.04. The Balaban J connectivity index is 2.59. The highest BCUT2D eigenvalue weighted by atomic mass is 32.2. The van der Waals surface area contributed by atoms with Gasteiger partial charge in [0.1, 0.15) is 11.5 Å². The van der Waals surface area contributed by atoms with Crippen molar-refractivity contribution in [3.63, 3.8) is 0 Å². The van der Waals surface area contributed by atoms with Crippen LogP contribution in [0.3, 0.4) is 0 Å². The molecule has 0 aromatic rings. The Kier molecular flexibility index (Phi) is 2.77. The van der Waals surface area contributed by atoms with Crippen LogP contribution in [-0.4, -0.2) is 49.4 Å². The van der Waals surface area contributed by atoms with Crippen LogP contribution in [0.25, 0.3) is 0 Å². The van der Waals surface area contributed by atoms with Gasteiger partial charge in [0.15, 0.2) is 0 Å². The number of hydrogen-bond acceptors (Lipinski definition) is 5. The van der Waals surface area contributed by atoms with Crippen LogP contribution in [0.1, 0.15) is 6.92 Å². The van der Waals surface area contributed by atoms with Gasteiger partial charge in [0, 0.05) is 0 Å². The molecule has 4 nitrogen and oxygen atoms in total. The summed E-state index contributed by atoms with van der Waals surface area (Å²) in [4.78, 5) is 0. The van der Waals surface area contributed by atoms with Gasteiger partial charge in [-0.05, 0) is 6.92 Å². The van der Waals surface area contributed by atoms with Crippen LogP contribution in [0.5, 0.6) is 0 Å². The number of aliphatic hydroxyl groups excluding tert-OH is 4. The zero-order chi connectivity index (χ0) is 8.59. The highest BCUT2D eigenvalue weighted by molar-refractivity contribution is 8.00. The zero-order valence-corrected chi connectivity index (χ0v) is 6.90. The van der Waals surface area contributed by atoms with Crippen molar-refractivity contribution in [2.75, 3.05) is 0 Å². The van der Waals surface area contributed by atoms with Gasteiger partial charge in [0.2, 0.25) is 0 Å². The van der Waals surface area contributed by atoms with Crippen molar-refractivity contribution in [1.29, 1.82) is 0 Å². The van der Waals surface area contributed by atoms with Crippen molar-refractivity contribution in [3.05, 3.63) is 0 Å². The van der Waals surface area contributed by atoms with Gasteiger partial charge < -0.3 is 20.4 Å². The first kappa shape index (κ1) is 9.28. The minimum atomic E-state index is -1.14. The van der Waals surface area contributed by atoms with Crippen molar-refractivity contribution < 1.29 is 20.4 Å². The lowest BCUT2D eigenvalue weighted by atomic mass is 10.1. The van der Waals surface area contributed by atoms with Crippen molar-refractivity contribution in [2.24, 2.45) is 0 Å². The fourth-order valence-corrected chi connectivity index (χ4v) is 2.28. The fourth-order valence-electron chi connectivity index (χ4n) is 1.08. The lowest BCUT2D eigenvalue weighted by Gasteiger charge is -2.16. The summed E-state index contributed by atoms with van der Waals surface area (Å²) >= 11 is 0.995. The molecule has 0 bridgehead atoms. The molecule has 0 aromatic heterocycles. The minimum absolute atomic E-state index is 0.486. The summed E-state index contributed by atoms with van der Waals surface area (Å²) in [5.74, 6) is 0. The standard InChI is InChI=1S/C6H12O4S/c1-2(7)5-3(8)4(9)6(10)11-5/h2-10H,1H3/t2-,3-,4+,5-,6?/m0/s1. The van der Waals surface area contributed by atoms with Gasteiger partial charge in [-0.1, -0.05) is 0 Å². The smallest absolute Gasteiger partial charge is 0.128 e. The van der Waals surface area contributed by atoms with E-state index in [4.69, 9.17) is 15.3 Å². The maximum Gasteiger partial charge on any atom is 0.128 e.